The molecule has 0 aliphatic carbocycles. The fourth-order valence-corrected chi connectivity index (χ4v) is 1.68. The van der Waals surface area contributed by atoms with Gasteiger partial charge in [-0.1, -0.05) is 12.0 Å². The third-order valence-electron chi connectivity index (χ3n) is 1.70. The van der Waals surface area contributed by atoms with E-state index in [2.05, 4.69) is 61.2 Å². The minimum atomic E-state index is 0.740. The molecule has 0 saturated heterocycles. The molecule has 3 heteroatoms. The van der Waals surface area contributed by atoms with Crippen molar-refractivity contribution in [2.45, 2.75) is 13.5 Å². The first kappa shape index (κ1) is 11.8. The normalized spacial score (nSPS) is 9.36. The molecule has 0 bridgehead atoms. The molecule has 74 valence electrons. The molecule has 0 radical (unpaired) electrons. The fourth-order valence-electron chi connectivity index (χ4n) is 1.01. The number of nitrogens with one attached hydrogen (secondary N) is 1. The van der Waals surface area contributed by atoms with Crippen molar-refractivity contribution in [3.8, 4) is 11.8 Å². The lowest BCUT2D eigenvalue weighted by molar-refractivity contribution is 0.769. The van der Waals surface area contributed by atoms with E-state index in [1.54, 1.807) is 0 Å². The van der Waals surface area contributed by atoms with E-state index in [4.69, 9.17) is 0 Å². The van der Waals surface area contributed by atoms with Crippen LogP contribution in [0, 0.1) is 11.8 Å². The SMILES string of the molecule is CC#CCNCc1ccc(Br)c(Br)c1. The minimum Gasteiger partial charge on any atom is -0.302 e. The Balaban J connectivity index is 2.50. The highest BCUT2D eigenvalue weighted by molar-refractivity contribution is 9.13. The highest BCUT2D eigenvalue weighted by Gasteiger charge is 1.97. The first-order valence-electron chi connectivity index (χ1n) is 4.28. The van der Waals surface area contributed by atoms with E-state index in [9.17, 15) is 0 Å². The van der Waals surface area contributed by atoms with Crippen molar-refractivity contribution in [2.24, 2.45) is 0 Å². The number of hydrogen-bond donors (Lipinski definition) is 1. The molecule has 1 aromatic rings. The summed E-state index contributed by atoms with van der Waals surface area (Å²) in [6.07, 6.45) is 0. The molecule has 0 unspecified atom stereocenters. The molecule has 0 aromatic heterocycles. The largest absolute Gasteiger partial charge is 0.302 e. The average Bonchev–Trinajstić information content (AvgIpc) is 2.18. The van der Waals surface area contributed by atoms with E-state index in [0.29, 0.717) is 0 Å². The van der Waals surface area contributed by atoms with E-state index >= 15 is 0 Å². The molecule has 0 fully saturated rings. The lowest BCUT2D eigenvalue weighted by Gasteiger charge is -2.03. The smallest absolute Gasteiger partial charge is 0.0578 e. The second kappa shape index (κ2) is 6.23. The zero-order valence-electron chi connectivity index (χ0n) is 7.90. The van der Waals surface area contributed by atoms with Gasteiger partial charge in [0.05, 0.1) is 6.54 Å². The Labute approximate surface area is 102 Å². The van der Waals surface area contributed by atoms with E-state index < -0.39 is 0 Å². The van der Waals surface area contributed by atoms with Crippen molar-refractivity contribution < 1.29 is 0 Å². The molecule has 1 nitrogen and oxygen atoms in total. The summed E-state index contributed by atoms with van der Waals surface area (Å²) >= 11 is 6.90. The number of benzene rings is 1. The van der Waals surface area contributed by atoms with Crippen molar-refractivity contribution in [3.63, 3.8) is 0 Å². The van der Waals surface area contributed by atoms with Crippen LogP contribution in [0.25, 0.3) is 0 Å². The van der Waals surface area contributed by atoms with Gasteiger partial charge >= 0.3 is 0 Å². The molecule has 0 aliphatic rings. The van der Waals surface area contributed by atoms with E-state index in [1.165, 1.54) is 5.56 Å². The zero-order chi connectivity index (χ0) is 10.4. The second-order valence-electron chi connectivity index (χ2n) is 2.78. The predicted molar refractivity (Wildman–Crippen MR) is 67.0 cm³/mol. The lowest BCUT2D eigenvalue weighted by Crippen LogP contribution is -2.12. The maximum Gasteiger partial charge on any atom is 0.0578 e. The van der Waals surface area contributed by atoms with Gasteiger partial charge in [0, 0.05) is 15.5 Å². The van der Waals surface area contributed by atoms with Crippen molar-refractivity contribution in [3.05, 3.63) is 32.7 Å². The summed E-state index contributed by atoms with van der Waals surface area (Å²) in [5, 5.41) is 3.24. The van der Waals surface area contributed by atoms with Gasteiger partial charge in [-0.05, 0) is 56.5 Å². The lowest BCUT2D eigenvalue weighted by atomic mass is 10.2. The summed E-state index contributed by atoms with van der Waals surface area (Å²) in [4.78, 5) is 0. The van der Waals surface area contributed by atoms with Gasteiger partial charge in [0.15, 0.2) is 0 Å². The third-order valence-corrected chi connectivity index (χ3v) is 3.58. The van der Waals surface area contributed by atoms with Crippen LogP contribution in [0.3, 0.4) is 0 Å². The fraction of sp³-hybridized carbons (Fsp3) is 0.273. The first-order valence-corrected chi connectivity index (χ1v) is 5.87. The van der Waals surface area contributed by atoms with Crippen molar-refractivity contribution >= 4 is 31.9 Å². The van der Waals surface area contributed by atoms with Crippen LogP contribution in [0.1, 0.15) is 12.5 Å². The summed E-state index contributed by atoms with van der Waals surface area (Å²) < 4.78 is 2.16. The summed E-state index contributed by atoms with van der Waals surface area (Å²) in [5.41, 5.74) is 1.25. The summed E-state index contributed by atoms with van der Waals surface area (Å²) in [6, 6.07) is 6.21. The molecule has 14 heavy (non-hydrogen) atoms. The van der Waals surface area contributed by atoms with Crippen LogP contribution in [0.5, 0.6) is 0 Å². The second-order valence-corrected chi connectivity index (χ2v) is 4.49. The summed E-state index contributed by atoms with van der Waals surface area (Å²) in [5.74, 6) is 5.81. The van der Waals surface area contributed by atoms with Crippen LogP contribution in [-0.2, 0) is 6.54 Å². The van der Waals surface area contributed by atoms with Gasteiger partial charge in [-0.15, -0.1) is 5.92 Å². The topological polar surface area (TPSA) is 12.0 Å². The molecular formula is C11H11Br2N. The predicted octanol–water partition coefficient (Wildman–Crippen LogP) is 3.32. The molecule has 0 amide bonds. The van der Waals surface area contributed by atoms with Crippen molar-refractivity contribution in [2.75, 3.05) is 6.54 Å². The van der Waals surface area contributed by atoms with Gasteiger partial charge in [-0.3, -0.25) is 0 Å². The van der Waals surface area contributed by atoms with Gasteiger partial charge in [-0.25, -0.2) is 0 Å². The Hall–Kier alpha value is -0.300. The molecule has 0 aliphatic heterocycles. The molecule has 0 heterocycles. The van der Waals surface area contributed by atoms with Crippen LogP contribution in [0.2, 0.25) is 0 Å². The molecule has 1 aromatic carbocycles. The van der Waals surface area contributed by atoms with Crippen LogP contribution in [0.15, 0.2) is 27.1 Å². The maximum absolute atomic E-state index is 3.47. The molecule has 0 saturated carbocycles. The van der Waals surface area contributed by atoms with Gasteiger partial charge in [0.2, 0.25) is 0 Å². The molecule has 1 rings (SSSR count). The molecule has 0 atom stereocenters. The van der Waals surface area contributed by atoms with Crippen LogP contribution in [-0.4, -0.2) is 6.54 Å². The number of halogens is 2. The van der Waals surface area contributed by atoms with E-state index in [1.807, 2.05) is 13.0 Å². The van der Waals surface area contributed by atoms with Gasteiger partial charge in [0.25, 0.3) is 0 Å². The quantitative estimate of drug-likeness (QED) is 0.666. The monoisotopic (exact) mass is 315 g/mol. The Morgan fingerprint density at radius 2 is 2.07 bits per heavy atom. The Morgan fingerprint density at radius 1 is 1.29 bits per heavy atom. The number of rotatable bonds is 3. The van der Waals surface area contributed by atoms with E-state index in [0.717, 1.165) is 22.0 Å². The standard InChI is InChI=1S/C11H11Br2N/c1-2-3-6-14-8-9-4-5-10(12)11(13)7-9/h4-5,7,14H,6,8H2,1H3. The Kier molecular flexibility index (Phi) is 5.24. The Morgan fingerprint density at radius 3 is 2.71 bits per heavy atom. The first-order chi connectivity index (χ1) is 6.74. The summed E-state index contributed by atoms with van der Waals surface area (Å²) in [6.45, 7) is 3.43. The van der Waals surface area contributed by atoms with Gasteiger partial charge < -0.3 is 5.32 Å². The minimum absolute atomic E-state index is 0.740. The van der Waals surface area contributed by atoms with Crippen molar-refractivity contribution in [1.29, 1.82) is 0 Å². The molecular weight excluding hydrogens is 306 g/mol. The third kappa shape index (κ3) is 3.83. The van der Waals surface area contributed by atoms with Crippen LogP contribution in [0.4, 0.5) is 0 Å². The summed E-state index contributed by atoms with van der Waals surface area (Å²) in [7, 11) is 0. The zero-order valence-corrected chi connectivity index (χ0v) is 11.1. The van der Waals surface area contributed by atoms with Crippen LogP contribution < -0.4 is 5.32 Å². The molecule has 0 spiro atoms. The molecule has 1 N–H and O–H groups in total. The highest BCUT2D eigenvalue weighted by Crippen LogP contribution is 2.23. The maximum atomic E-state index is 3.47. The van der Waals surface area contributed by atoms with Crippen molar-refractivity contribution in [1.82, 2.24) is 5.32 Å². The number of hydrogen-bond acceptors (Lipinski definition) is 1. The average molecular weight is 317 g/mol. The van der Waals surface area contributed by atoms with Gasteiger partial charge in [0.1, 0.15) is 0 Å². The Bertz CT molecular complexity index is 363. The van der Waals surface area contributed by atoms with Gasteiger partial charge in [-0.2, -0.15) is 0 Å². The van der Waals surface area contributed by atoms with E-state index in [-0.39, 0.29) is 0 Å². The highest BCUT2D eigenvalue weighted by atomic mass is 79.9. The van der Waals surface area contributed by atoms with Crippen LogP contribution >= 0.6 is 31.9 Å².